The molecule has 0 saturated heterocycles. The molecule has 2 aromatic rings. The lowest BCUT2D eigenvalue weighted by molar-refractivity contribution is -0.114. The van der Waals surface area contributed by atoms with Gasteiger partial charge in [-0.15, -0.1) is 0 Å². The van der Waals surface area contributed by atoms with E-state index in [1.165, 1.54) is 0 Å². The fraction of sp³-hybridized carbons (Fsp3) is 0.286. The number of nitrogens with zero attached hydrogens (tertiary/aromatic N) is 1. The molecule has 1 aromatic carbocycles. The Balaban J connectivity index is 2.70. The number of rotatable bonds is 4. The number of hydrogen-bond donors (Lipinski definition) is 1. The van der Waals surface area contributed by atoms with E-state index in [1.54, 1.807) is 6.20 Å². The molecule has 0 aliphatic carbocycles. The third kappa shape index (κ3) is 2.56. The molecule has 5 heteroatoms. The van der Waals surface area contributed by atoms with Crippen LogP contribution in [0.2, 0.25) is 0 Å². The quantitative estimate of drug-likeness (QED) is 0.694. The summed E-state index contributed by atoms with van der Waals surface area (Å²) in [5, 5.41) is 0.749. The van der Waals surface area contributed by atoms with Crippen molar-refractivity contribution in [1.29, 1.82) is 0 Å². The molecule has 2 rings (SSSR count). The van der Waals surface area contributed by atoms with E-state index in [1.807, 2.05) is 22.8 Å². The Morgan fingerprint density at radius 3 is 2.63 bits per heavy atom. The van der Waals surface area contributed by atoms with Gasteiger partial charge in [0.1, 0.15) is 0 Å². The largest absolute Gasteiger partial charge is 0.363 e. The average molecular weight is 323 g/mol. The molecule has 0 radical (unpaired) electrons. The summed E-state index contributed by atoms with van der Waals surface area (Å²) in [5.41, 5.74) is 6.38. The van der Waals surface area contributed by atoms with Crippen LogP contribution in [0, 0.1) is 5.92 Å². The second-order valence-electron chi connectivity index (χ2n) is 4.92. The number of para-hydroxylation sites is 1. The first-order valence-electron chi connectivity index (χ1n) is 6.03. The predicted molar refractivity (Wildman–Crippen MR) is 78.0 cm³/mol. The minimum atomic E-state index is -0.927. The average Bonchev–Trinajstić information content (AvgIpc) is 2.67. The van der Waals surface area contributed by atoms with Crippen molar-refractivity contribution in [1.82, 2.24) is 4.57 Å². The monoisotopic (exact) mass is 322 g/mol. The minimum absolute atomic E-state index is 0.365. The number of amides is 1. The lowest BCUT2D eigenvalue weighted by Crippen LogP contribution is -2.22. The number of Topliss-reactive ketones (excluding diaryl/α,β-unsaturated/α-hetero) is 1. The third-order valence-electron chi connectivity index (χ3n) is 2.88. The molecule has 1 heterocycles. The lowest BCUT2D eigenvalue weighted by atomic mass is 10.1. The van der Waals surface area contributed by atoms with Gasteiger partial charge in [0.05, 0.1) is 11.1 Å². The molecule has 0 unspecified atom stereocenters. The zero-order valence-corrected chi connectivity index (χ0v) is 12.4. The molecular formula is C14H15BrN2O2. The molecule has 0 aliphatic heterocycles. The molecule has 1 aromatic heterocycles. The molecule has 0 fully saturated rings. The van der Waals surface area contributed by atoms with Crippen molar-refractivity contribution in [3.63, 3.8) is 0 Å². The lowest BCUT2D eigenvalue weighted by Gasteiger charge is -2.09. The third-order valence-corrected chi connectivity index (χ3v) is 3.52. The van der Waals surface area contributed by atoms with Crippen LogP contribution in [0.3, 0.4) is 0 Å². The Morgan fingerprint density at radius 1 is 1.37 bits per heavy atom. The standard InChI is InChI=1S/C14H15BrN2O2/c1-8(2)6-17-7-10(13(18)14(16)19)9-4-3-5-11(15)12(9)17/h3-5,7-8H,6H2,1-2H3,(H2,16,19). The van der Waals surface area contributed by atoms with Gasteiger partial charge >= 0.3 is 0 Å². The van der Waals surface area contributed by atoms with Crippen LogP contribution in [-0.2, 0) is 11.3 Å². The van der Waals surface area contributed by atoms with E-state index in [2.05, 4.69) is 29.8 Å². The zero-order valence-electron chi connectivity index (χ0n) is 10.8. The van der Waals surface area contributed by atoms with Gasteiger partial charge in [0.25, 0.3) is 11.7 Å². The molecule has 0 bridgehead atoms. The second kappa shape index (κ2) is 5.17. The van der Waals surface area contributed by atoms with Crippen LogP contribution in [0.1, 0.15) is 24.2 Å². The van der Waals surface area contributed by atoms with Crippen LogP contribution >= 0.6 is 15.9 Å². The number of hydrogen-bond acceptors (Lipinski definition) is 2. The highest BCUT2D eigenvalue weighted by molar-refractivity contribution is 9.10. The molecule has 2 N–H and O–H groups in total. The number of aromatic nitrogens is 1. The molecule has 0 saturated carbocycles. The molecule has 1 amide bonds. The van der Waals surface area contributed by atoms with Gasteiger partial charge in [0.2, 0.25) is 0 Å². The Bertz CT molecular complexity index is 659. The summed E-state index contributed by atoms with van der Waals surface area (Å²) in [4.78, 5) is 23.0. The number of halogens is 1. The van der Waals surface area contributed by atoms with E-state index >= 15 is 0 Å². The summed E-state index contributed by atoms with van der Waals surface area (Å²) in [5.74, 6) is -1.14. The maximum atomic E-state index is 11.9. The van der Waals surface area contributed by atoms with Crippen LogP contribution in [0.25, 0.3) is 10.9 Å². The van der Waals surface area contributed by atoms with Crippen molar-refractivity contribution in [2.24, 2.45) is 11.7 Å². The molecule has 0 aliphatic rings. The Hall–Kier alpha value is -1.62. The first-order valence-corrected chi connectivity index (χ1v) is 6.82. The van der Waals surface area contributed by atoms with Gasteiger partial charge in [-0.1, -0.05) is 26.0 Å². The van der Waals surface area contributed by atoms with E-state index < -0.39 is 11.7 Å². The predicted octanol–water partition coefficient (Wildman–Crippen LogP) is 2.73. The van der Waals surface area contributed by atoms with Crippen LogP contribution in [0.5, 0.6) is 0 Å². The summed E-state index contributed by atoms with van der Waals surface area (Å²) >= 11 is 3.49. The zero-order chi connectivity index (χ0) is 14.2. The maximum Gasteiger partial charge on any atom is 0.289 e. The highest BCUT2D eigenvalue weighted by Crippen LogP contribution is 2.29. The van der Waals surface area contributed by atoms with Crippen molar-refractivity contribution >= 4 is 38.5 Å². The Morgan fingerprint density at radius 2 is 2.05 bits per heavy atom. The van der Waals surface area contributed by atoms with Crippen LogP contribution in [0.15, 0.2) is 28.9 Å². The minimum Gasteiger partial charge on any atom is -0.363 e. The van der Waals surface area contributed by atoms with E-state index in [0.29, 0.717) is 11.5 Å². The van der Waals surface area contributed by atoms with Crippen molar-refractivity contribution in [2.45, 2.75) is 20.4 Å². The summed E-state index contributed by atoms with van der Waals surface area (Å²) in [6.45, 7) is 4.96. The Kier molecular flexibility index (Phi) is 3.75. The van der Waals surface area contributed by atoms with Crippen LogP contribution in [0.4, 0.5) is 0 Å². The maximum absolute atomic E-state index is 11.9. The summed E-state index contributed by atoms with van der Waals surface area (Å²) < 4.78 is 2.88. The fourth-order valence-corrected chi connectivity index (χ4v) is 2.76. The van der Waals surface area contributed by atoms with Gasteiger partial charge in [0, 0.05) is 22.6 Å². The second-order valence-corrected chi connectivity index (χ2v) is 5.77. The first-order chi connectivity index (χ1) is 8.91. The Labute approximate surface area is 119 Å². The van der Waals surface area contributed by atoms with Crippen LogP contribution in [-0.4, -0.2) is 16.3 Å². The van der Waals surface area contributed by atoms with Gasteiger partial charge in [-0.2, -0.15) is 0 Å². The summed E-state index contributed by atoms with van der Waals surface area (Å²) in [6.07, 6.45) is 1.71. The molecule has 0 atom stereocenters. The summed E-state index contributed by atoms with van der Waals surface area (Å²) in [7, 11) is 0. The van der Waals surface area contributed by atoms with Gasteiger partial charge < -0.3 is 10.3 Å². The number of fused-ring (bicyclic) bond motifs is 1. The van der Waals surface area contributed by atoms with Crippen molar-refractivity contribution in [3.8, 4) is 0 Å². The van der Waals surface area contributed by atoms with Crippen molar-refractivity contribution < 1.29 is 9.59 Å². The topological polar surface area (TPSA) is 65.1 Å². The van der Waals surface area contributed by atoms with E-state index in [-0.39, 0.29) is 0 Å². The van der Waals surface area contributed by atoms with E-state index in [4.69, 9.17) is 5.73 Å². The first kappa shape index (κ1) is 13.8. The SMILES string of the molecule is CC(C)Cn1cc(C(=O)C(N)=O)c2cccc(Br)c21. The normalized spacial score (nSPS) is 11.2. The van der Waals surface area contributed by atoms with Crippen molar-refractivity contribution in [3.05, 3.63) is 34.4 Å². The van der Waals surface area contributed by atoms with E-state index in [0.717, 1.165) is 21.9 Å². The number of carbonyl (C=O) groups is 2. The number of carbonyl (C=O) groups excluding carboxylic acids is 2. The fourth-order valence-electron chi connectivity index (χ4n) is 2.17. The van der Waals surface area contributed by atoms with E-state index in [9.17, 15) is 9.59 Å². The van der Waals surface area contributed by atoms with Crippen LogP contribution < -0.4 is 5.73 Å². The molecule has 4 nitrogen and oxygen atoms in total. The van der Waals surface area contributed by atoms with Gasteiger partial charge in [0.15, 0.2) is 0 Å². The smallest absolute Gasteiger partial charge is 0.289 e. The number of benzene rings is 1. The highest BCUT2D eigenvalue weighted by Gasteiger charge is 2.20. The molecule has 0 spiro atoms. The number of ketones is 1. The van der Waals surface area contributed by atoms with Crippen molar-refractivity contribution in [2.75, 3.05) is 0 Å². The van der Waals surface area contributed by atoms with Gasteiger partial charge in [-0.3, -0.25) is 9.59 Å². The number of primary amides is 1. The van der Waals surface area contributed by atoms with Gasteiger partial charge in [-0.05, 0) is 27.9 Å². The van der Waals surface area contributed by atoms with Gasteiger partial charge in [-0.25, -0.2) is 0 Å². The molecule has 19 heavy (non-hydrogen) atoms. The molecule has 100 valence electrons. The summed E-state index contributed by atoms with van der Waals surface area (Å²) in [6, 6.07) is 5.58. The highest BCUT2D eigenvalue weighted by atomic mass is 79.9. The molecular weight excluding hydrogens is 308 g/mol. The number of nitrogens with two attached hydrogens (primary N) is 1.